The van der Waals surface area contributed by atoms with Crippen molar-refractivity contribution in [2.24, 2.45) is 0 Å². The summed E-state index contributed by atoms with van der Waals surface area (Å²) in [6.07, 6.45) is 7.26. The van der Waals surface area contributed by atoms with Crippen LogP contribution in [0.25, 0.3) is 23.1 Å². The maximum Gasteiger partial charge on any atom is 0.196 e. The molecule has 4 nitrogen and oxygen atoms in total. The quantitative estimate of drug-likeness (QED) is 0.821. The zero-order valence-corrected chi connectivity index (χ0v) is 14.3. The number of aromatic hydroxyl groups is 1. The SMILES string of the molecule is C=C(C)C=Cc1c2c(c3oc(C)cc(=O)c3c1O)C=CC(C)(C)O2. The number of benzene rings is 1. The zero-order chi connectivity index (χ0) is 17.6. The molecule has 1 aliphatic heterocycles. The molecule has 3 rings (SSSR count). The van der Waals surface area contributed by atoms with Crippen LogP contribution in [0.5, 0.6) is 11.5 Å². The lowest BCUT2D eigenvalue weighted by Crippen LogP contribution is -2.28. The maximum atomic E-state index is 12.4. The van der Waals surface area contributed by atoms with Crippen LogP contribution >= 0.6 is 0 Å². The molecule has 0 atom stereocenters. The minimum atomic E-state index is -0.525. The first kappa shape index (κ1) is 16.1. The molecule has 2 heterocycles. The van der Waals surface area contributed by atoms with E-state index >= 15 is 0 Å². The molecule has 0 unspecified atom stereocenters. The normalized spacial score (nSPS) is 15.5. The molecule has 2 aromatic rings. The summed E-state index contributed by atoms with van der Waals surface area (Å²) in [6.45, 7) is 11.2. The summed E-state index contributed by atoms with van der Waals surface area (Å²) in [4.78, 5) is 12.4. The second-order valence-corrected chi connectivity index (χ2v) is 6.65. The van der Waals surface area contributed by atoms with Gasteiger partial charge in [0.2, 0.25) is 0 Å². The molecule has 1 aromatic heterocycles. The highest BCUT2D eigenvalue weighted by atomic mass is 16.5. The van der Waals surface area contributed by atoms with Crippen molar-refractivity contribution in [3.8, 4) is 11.5 Å². The predicted octanol–water partition coefficient (Wildman–Crippen LogP) is 4.58. The van der Waals surface area contributed by atoms with Crippen LogP contribution in [0.3, 0.4) is 0 Å². The molecule has 4 heteroatoms. The van der Waals surface area contributed by atoms with E-state index in [1.54, 1.807) is 19.1 Å². The monoisotopic (exact) mass is 324 g/mol. The van der Waals surface area contributed by atoms with Crippen LogP contribution in [0.4, 0.5) is 0 Å². The summed E-state index contributed by atoms with van der Waals surface area (Å²) in [6, 6.07) is 1.37. The first-order valence-electron chi connectivity index (χ1n) is 7.75. The van der Waals surface area contributed by atoms with Crippen LogP contribution in [-0.4, -0.2) is 10.7 Å². The Bertz CT molecular complexity index is 972. The highest BCUT2D eigenvalue weighted by Gasteiger charge is 2.29. The molecule has 0 aliphatic carbocycles. The first-order chi connectivity index (χ1) is 11.2. The van der Waals surface area contributed by atoms with Crippen molar-refractivity contribution < 1.29 is 14.3 Å². The molecule has 0 bridgehead atoms. The average Bonchev–Trinajstić information content (AvgIpc) is 2.44. The molecule has 24 heavy (non-hydrogen) atoms. The Morgan fingerprint density at radius 1 is 1.38 bits per heavy atom. The second kappa shape index (κ2) is 5.41. The van der Waals surface area contributed by atoms with Gasteiger partial charge in [0.15, 0.2) is 11.0 Å². The number of phenols is 1. The van der Waals surface area contributed by atoms with Crippen molar-refractivity contribution in [3.05, 3.63) is 57.5 Å². The lowest BCUT2D eigenvalue weighted by molar-refractivity contribution is 0.158. The number of rotatable bonds is 2. The van der Waals surface area contributed by atoms with Crippen LogP contribution in [0.15, 0.2) is 39.6 Å². The average molecular weight is 324 g/mol. The molecule has 124 valence electrons. The van der Waals surface area contributed by atoms with Gasteiger partial charge in [-0.2, -0.15) is 0 Å². The standard InChI is InChI=1S/C20H20O4/c1-11(2)6-7-13-17(22)16-15(21)10-12(3)23-19(16)14-8-9-20(4,5)24-18(13)14/h6-10,22H,1H2,2-5H3. The molecule has 1 aromatic carbocycles. The van der Waals surface area contributed by atoms with Gasteiger partial charge in [0.25, 0.3) is 0 Å². The van der Waals surface area contributed by atoms with Crippen LogP contribution in [0.2, 0.25) is 0 Å². The van der Waals surface area contributed by atoms with Crippen molar-refractivity contribution in [3.63, 3.8) is 0 Å². The van der Waals surface area contributed by atoms with Crippen molar-refractivity contribution in [2.75, 3.05) is 0 Å². The Labute approximate surface area is 140 Å². The number of hydrogen-bond donors (Lipinski definition) is 1. The molecular formula is C20H20O4. The fourth-order valence-corrected chi connectivity index (χ4v) is 2.74. The maximum absolute atomic E-state index is 12.4. The second-order valence-electron chi connectivity index (χ2n) is 6.65. The summed E-state index contributed by atoms with van der Waals surface area (Å²) in [7, 11) is 0. The van der Waals surface area contributed by atoms with E-state index in [-0.39, 0.29) is 16.6 Å². The molecule has 1 N–H and O–H groups in total. The highest BCUT2D eigenvalue weighted by molar-refractivity contribution is 5.98. The van der Waals surface area contributed by atoms with E-state index in [1.165, 1.54) is 6.07 Å². The summed E-state index contributed by atoms with van der Waals surface area (Å²) in [5.41, 5.74) is 1.47. The highest BCUT2D eigenvalue weighted by Crippen LogP contribution is 2.44. The summed E-state index contributed by atoms with van der Waals surface area (Å²) in [5.74, 6) is 0.845. The van der Waals surface area contributed by atoms with Crippen molar-refractivity contribution in [2.45, 2.75) is 33.3 Å². The summed E-state index contributed by atoms with van der Waals surface area (Å²) < 4.78 is 11.8. The fourth-order valence-electron chi connectivity index (χ4n) is 2.74. The van der Waals surface area contributed by atoms with Gasteiger partial charge < -0.3 is 14.3 Å². The molecule has 0 saturated heterocycles. The topological polar surface area (TPSA) is 59.7 Å². The van der Waals surface area contributed by atoms with E-state index in [0.29, 0.717) is 28.2 Å². The molecule has 0 radical (unpaired) electrons. The van der Waals surface area contributed by atoms with Crippen LogP contribution in [-0.2, 0) is 0 Å². The van der Waals surface area contributed by atoms with Crippen molar-refractivity contribution >= 4 is 23.1 Å². The van der Waals surface area contributed by atoms with Gasteiger partial charge in [0.1, 0.15) is 28.2 Å². The number of ether oxygens (including phenoxy) is 1. The molecular weight excluding hydrogens is 304 g/mol. The van der Waals surface area contributed by atoms with Crippen LogP contribution in [0.1, 0.15) is 37.7 Å². The Morgan fingerprint density at radius 2 is 2.08 bits per heavy atom. The van der Waals surface area contributed by atoms with E-state index in [2.05, 4.69) is 6.58 Å². The number of aryl methyl sites for hydroxylation is 1. The van der Waals surface area contributed by atoms with E-state index in [0.717, 1.165) is 5.57 Å². The van der Waals surface area contributed by atoms with E-state index in [4.69, 9.17) is 9.15 Å². The third-order valence-electron chi connectivity index (χ3n) is 3.85. The lowest BCUT2D eigenvalue weighted by Gasteiger charge is -2.29. The number of phenolic OH excluding ortho intramolecular Hbond substituents is 1. The first-order valence-corrected chi connectivity index (χ1v) is 7.75. The van der Waals surface area contributed by atoms with Crippen molar-refractivity contribution in [1.82, 2.24) is 0 Å². The molecule has 0 saturated carbocycles. The van der Waals surface area contributed by atoms with Gasteiger partial charge in [0, 0.05) is 6.07 Å². The van der Waals surface area contributed by atoms with Gasteiger partial charge in [0.05, 0.1) is 11.1 Å². The van der Waals surface area contributed by atoms with E-state index in [9.17, 15) is 9.90 Å². The Morgan fingerprint density at radius 3 is 2.75 bits per heavy atom. The van der Waals surface area contributed by atoms with E-state index in [1.807, 2.05) is 32.9 Å². The van der Waals surface area contributed by atoms with Gasteiger partial charge >= 0.3 is 0 Å². The Kier molecular flexibility index (Phi) is 3.63. The van der Waals surface area contributed by atoms with Crippen LogP contribution in [0, 0.1) is 6.92 Å². The van der Waals surface area contributed by atoms with Gasteiger partial charge in [-0.1, -0.05) is 18.2 Å². The van der Waals surface area contributed by atoms with E-state index < -0.39 is 5.60 Å². The molecule has 0 fully saturated rings. The fraction of sp³-hybridized carbons (Fsp3) is 0.250. The number of hydrogen-bond acceptors (Lipinski definition) is 4. The Balaban J connectivity index is 2.47. The molecule has 1 aliphatic rings. The summed E-state index contributed by atoms with van der Waals surface area (Å²) >= 11 is 0. The smallest absolute Gasteiger partial charge is 0.196 e. The number of fused-ring (bicyclic) bond motifs is 3. The summed E-state index contributed by atoms with van der Waals surface area (Å²) in [5, 5.41) is 10.9. The van der Waals surface area contributed by atoms with Gasteiger partial charge in [-0.3, -0.25) is 4.79 Å². The van der Waals surface area contributed by atoms with Crippen LogP contribution < -0.4 is 10.2 Å². The van der Waals surface area contributed by atoms with Gasteiger partial charge in [-0.05, 0) is 45.9 Å². The van der Waals surface area contributed by atoms with Gasteiger partial charge in [-0.25, -0.2) is 0 Å². The number of allylic oxidation sites excluding steroid dienone is 2. The Hall–Kier alpha value is -2.75. The third-order valence-corrected chi connectivity index (χ3v) is 3.85. The minimum absolute atomic E-state index is 0.138. The third kappa shape index (κ3) is 2.64. The molecule has 0 spiro atoms. The predicted molar refractivity (Wildman–Crippen MR) is 96.5 cm³/mol. The largest absolute Gasteiger partial charge is 0.506 e. The lowest BCUT2D eigenvalue weighted by atomic mass is 9.96. The van der Waals surface area contributed by atoms with Gasteiger partial charge in [-0.15, -0.1) is 0 Å². The molecule has 0 amide bonds. The minimum Gasteiger partial charge on any atom is -0.506 e. The van der Waals surface area contributed by atoms with Crippen molar-refractivity contribution in [1.29, 1.82) is 0 Å². The zero-order valence-electron chi connectivity index (χ0n) is 14.3.